The van der Waals surface area contributed by atoms with Crippen LogP contribution in [0.4, 0.5) is 9.59 Å². The normalized spacial score (nSPS) is 13.0. The van der Waals surface area contributed by atoms with Crippen LogP contribution in [0.3, 0.4) is 0 Å². The van der Waals surface area contributed by atoms with Gasteiger partial charge in [-0.15, -0.1) is 0 Å². The number of aliphatic carboxylic acids is 1. The topological polar surface area (TPSA) is 114 Å². The van der Waals surface area contributed by atoms with Crippen LogP contribution in [0.25, 0.3) is 0 Å². The van der Waals surface area contributed by atoms with Crippen LogP contribution in [0.2, 0.25) is 0 Å². The fourth-order valence-corrected chi connectivity index (χ4v) is 1.34. The Balaban J connectivity index is 4.30. The van der Waals surface area contributed by atoms with Crippen LogP contribution in [0.5, 0.6) is 0 Å². The van der Waals surface area contributed by atoms with Gasteiger partial charge in [-0.3, -0.25) is 0 Å². The summed E-state index contributed by atoms with van der Waals surface area (Å²) in [5.74, 6) is -1.21. The van der Waals surface area contributed by atoms with Crippen molar-refractivity contribution in [1.82, 2.24) is 10.6 Å². The first-order chi connectivity index (χ1) is 9.80. The van der Waals surface area contributed by atoms with E-state index >= 15 is 0 Å². The van der Waals surface area contributed by atoms with E-state index in [1.165, 1.54) is 0 Å². The third kappa shape index (κ3) is 10.8. The summed E-state index contributed by atoms with van der Waals surface area (Å²) < 4.78 is 10.0. The molecule has 0 aliphatic rings. The van der Waals surface area contributed by atoms with E-state index in [9.17, 15) is 14.4 Å². The first-order valence-corrected chi connectivity index (χ1v) is 6.99. The molecule has 0 aromatic rings. The lowest BCUT2D eigenvalue weighted by molar-refractivity contribution is -0.139. The van der Waals surface area contributed by atoms with Gasteiger partial charge in [0, 0.05) is 6.54 Å². The summed E-state index contributed by atoms with van der Waals surface area (Å²) in [5.41, 5.74) is -1.35. The standard InChI is InChI=1S/C14H26N2O6/c1-13(2,3)21-11(19)15-8-7-9(10(17)18)16-12(20)22-14(4,5)6/h9H,7-8H2,1-6H3,(H,15,19)(H,16,20)(H,17,18)/t9-/m0/s1. The Morgan fingerprint density at radius 1 is 0.955 bits per heavy atom. The third-order valence-electron chi connectivity index (χ3n) is 2.09. The summed E-state index contributed by atoms with van der Waals surface area (Å²) in [6, 6.07) is -1.16. The first kappa shape index (κ1) is 20.0. The highest BCUT2D eigenvalue weighted by Crippen LogP contribution is 2.08. The molecule has 0 saturated heterocycles. The highest BCUT2D eigenvalue weighted by molar-refractivity contribution is 5.80. The highest BCUT2D eigenvalue weighted by atomic mass is 16.6. The van der Waals surface area contributed by atoms with Crippen molar-refractivity contribution in [3.63, 3.8) is 0 Å². The lowest BCUT2D eigenvalue weighted by Crippen LogP contribution is -2.45. The molecule has 0 spiro atoms. The molecule has 3 N–H and O–H groups in total. The van der Waals surface area contributed by atoms with E-state index in [4.69, 9.17) is 14.6 Å². The largest absolute Gasteiger partial charge is 0.480 e. The summed E-state index contributed by atoms with van der Waals surface area (Å²) in [6.07, 6.45) is -1.46. The maximum atomic E-state index is 11.5. The quantitative estimate of drug-likeness (QED) is 0.713. The maximum absolute atomic E-state index is 11.5. The van der Waals surface area contributed by atoms with Gasteiger partial charge in [-0.05, 0) is 48.0 Å². The van der Waals surface area contributed by atoms with Gasteiger partial charge in [-0.25, -0.2) is 14.4 Å². The summed E-state index contributed by atoms with van der Waals surface area (Å²) in [6.45, 7) is 10.2. The van der Waals surface area contributed by atoms with E-state index in [-0.39, 0.29) is 13.0 Å². The maximum Gasteiger partial charge on any atom is 0.408 e. The van der Waals surface area contributed by atoms with Crippen molar-refractivity contribution in [3.8, 4) is 0 Å². The molecule has 0 heterocycles. The summed E-state index contributed by atoms with van der Waals surface area (Å²) in [4.78, 5) is 34.1. The second-order valence-corrected chi connectivity index (χ2v) is 6.75. The van der Waals surface area contributed by atoms with Crippen molar-refractivity contribution >= 4 is 18.2 Å². The van der Waals surface area contributed by atoms with Gasteiger partial charge >= 0.3 is 18.2 Å². The number of hydrogen-bond donors (Lipinski definition) is 3. The lowest BCUT2D eigenvalue weighted by Gasteiger charge is -2.22. The van der Waals surface area contributed by atoms with Crippen LogP contribution >= 0.6 is 0 Å². The zero-order chi connectivity index (χ0) is 17.6. The molecule has 0 aliphatic carbocycles. The summed E-state index contributed by atoms with van der Waals surface area (Å²) in [5, 5.41) is 13.7. The van der Waals surface area contributed by atoms with Crippen LogP contribution < -0.4 is 10.6 Å². The number of nitrogens with one attached hydrogen (secondary N) is 2. The van der Waals surface area contributed by atoms with Crippen molar-refractivity contribution in [1.29, 1.82) is 0 Å². The number of carbonyl (C=O) groups is 3. The van der Waals surface area contributed by atoms with Crippen molar-refractivity contribution < 1.29 is 29.0 Å². The van der Waals surface area contributed by atoms with Crippen LogP contribution in [-0.2, 0) is 14.3 Å². The van der Waals surface area contributed by atoms with Gasteiger partial charge in [0.1, 0.15) is 17.2 Å². The molecule has 0 aromatic carbocycles. The highest BCUT2D eigenvalue weighted by Gasteiger charge is 2.24. The second kappa shape index (κ2) is 7.86. The average molecular weight is 318 g/mol. The van der Waals surface area contributed by atoms with E-state index in [1.54, 1.807) is 41.5 Å². The molecular formula is C14H26N2O6. The second-order valence-electron chi connectivity index (χ2n) is 6.75. The summed E-state index contributed by atoms with van der Waals surface area (Å²) >= 11 is 0. The Kier molecular flexibility index (Phi) is 7.15. The molecule has 0 aliphatic heterocycles. The van der Waals surface area contributed by atoms with Crippen molar-refractivity contribution in [2.75, 3.05) is 6.54 Å². The van der Waals surface area contributed by atoms with Crippen molar-refractivity contribution in [2.24, 2.45) is 0 Å². The van der Waals surface area contributed by atoms with Crippen LogP contribution in [-0.4, -0.2) is 47.1 Å². The molecule has 0 aromatic heterocycles. The van der Waals surface area contributed by atoms with Gasteiger partial charge in [0.15, 0.2) is 0 Å². The van der Waals surface area contributed by atoms with Crippen LogP contribution in [0.1, 0.15) is 48.0 Å². The molecule has 0 bridgehead atoms. The first-order valence-electron chi connectivity index (χ1n) is 6.99. The van der Waals surface area contributed by atoms with E-state index in [1.807, 2.05) is 0 Å². The smallest absolute Gasteiger partial charge is 0.408 e. The van der Waals surface area contributed by atoms with Gasteiger partial charge in [0.2, 0.25) is 0 Å². The van der Waals surface area contributed by atoms with E-state index in [0.717, 1.165) is 0 Å². The van der Waals surface area contributed by atoms with Crippen molar-refractivity contribution in [3.05, 3.63) is 0 Å². The van der Waals surface area contributed by atoms with Crippen LogP contribution in [0, 0.1) is 0 Å². The molecule has 8 nitrogen and oxygen atoms in total. The minimum atomic E-state index is -1.21. The van der Waals surface area contributed by atoms with E-state index in [2.05, 4.69) is 10.6 Å². The SMILES string of the molecule is CC(C)(C)OC(=O)NCC[C@H](NC(=O)OC(C)(C)C)C(=O)O. The van der Waals surface area contributed by atoms with Gasteiger partial charge in [-0.1, -0.05) is 0 Å². The number of carboxylic acids is 1. The molecule has 0 rings (SSSR count). The summed E-state index contributed by atoms with van der Waals surface area (Å²) in [7, 11) is 0. The van der Waals surface area contributed by atoms with E-state index < -0.39 is 35.4 Å². The fourth-order valence-electron chi connectivity index (χ4n) is 1.34. The van der Waals surface area contributed by atoms with Crippen LogP contribution in [0.15, 0.2) is 0 Å². The number of amides is 2. The Bertz CT molecular complexity index is 409. The molecule has 2 amide bonds. The van der Waals surface area contributed by atoms with Gasteiger partial charge in [-0.2, -0.15) is 0 Å². The fraction of sp³-hybridized carbons (Fsp3) is 0.786. The van der Waals surface area contributed by atoms with Gasteiger partial charge < -0.3 is 25.2 Å². The number of carboxylic acid groups (broad SMARTS) is 1. The lowest BCUT2D eigenvalue weighted by atomic mass is 10.2. The predicted molar refractivity (Wildman–Crippen MR) is 79.6 cm³/mol. The van der Waals surface area contributed by atoms with Gasteiger partial charge in [0.05, 0.1) is 0 Å². The van der Waals surface area contributed by atoms with E-state index in [0.29, 0.717) is 0 Å². The third-order valence-corrected chi connectivity index (χ3v) is 2.09. The molecule has 0 unspecified atom stereocenters. The Morgan fingerprint density at radius 3 is 1.82 bits per heavy atom. The molecule has 0 fully saturated rings. The Morgan fingerprint density at radius 2 is 1.41 bits per heavy atom. The van der Waals surface area contributed by atoms with Crippen molar-refractivity contribution in [2.45, 2.75) is 65.2 Å². The number of hydrogen-bond acceptors (Lipinski definition) is 5. The number of rotatable bonds is 5. The van der Waals surface area contributed by atoms with Gasteiger partial charge in [0.25, 0.3) is 0 Å². The minimum Gasteiger partial charge on any atom is -0.480 e. The predicted octanol–water partition coefficient (Wildman–Crippen LogP) is 1.88. The average Bonchev–Trinajstić information content (AvgIpc) is 2.22. The molecule has 0 radical (unpaired) electrons. The molecule has 128 valence electrons. The Hall–Kier alpha value is -1.99. The molecule has 1 atom stereocenters. The number of carbonyl (C=O) groups excluding carboxylic acids is 2. The minimum absolute atomic E-state index is 0.00776. The molecular weight excluding hydrogens is 292 g/mol. The molecule has 0 saturated carbocycles. The zero-order valence-electron chi connectivity index (χ0n) is 14.0. The molecule has 22 heavy (non-hydrogen) atoms. The Labute approximate surface area is 130 Å². The molecule has 8 heteroatoms. The number of ether oxygens (including phenoxy) is 2. The number of alkyl carbamates (subject to hydrolysis) is 2. The monoisotopic (exact) mass is 318 g/mol. The zero-order valence-corrected chi connectivity index (χ0v) is 14.0.